The van der Waals surface area contributed by atoms with Gasteiger partial charge in [0.15, 0.2) is 0 Å². The van der Waals surface area contributed by atoms with Crippen LogP contribution in [0.5, 0.6) is 0 Å². The van der Waals surface area contributed by atoms with E-state index >= 15 is 0 Å². The number of hydrogen-bond donors (Lipinski definition) is 3. The van der Waals surface area contributed by atoms with Crippen molar-refractivity contribution in [2.24, 2.45) is 18.7 Å². The number of carbonyl (C=O) groups is 3. The zero-order valence-electron chi connectivity index (χ0n) is 11.8. The average molecular weight is 293 g/mol. The number of primary amides is 1. The second-order valence-corrected chi connectivity index (χ2v) is 5.45. The summed E-state index contributed by atoms with van der Waals surface area (Å²) in [6.07, 6.45) is 3.95. The molecule has 7 heteroatoms. The summed E-state index contributed by atoms with van der Waals surface area (Å²) in [6.45, 7) is 0. The number of aliphatic carboxylic acids is 1. The first-order chi connectivity index (χ1) is 9.88. The molecule has 1 heterocycles. The molecule has 0 aliphatic heterocycles. The number of aryl methyl sites for hydroxylation is 1. The van der Waals surface area contributed by atoms with Gasteiger partial charge in [0, 0.05) is 19.3 Å². The maximum atomic E-state index is 12.2. The van der Waals surface area contributed by atoms with Gasteiger partial charge in [0.1, 0.15) is 5.69 Å². The number of nitrogens with one attached hydrogen (secondary N) is 1. The van der Waals surface area contributed by atoms with Gasteiger partial charge in [-0.3, -0.25) is 14.4 Å². The van der Waals surface area contributed by atoms with Crippen LogP contribution >= 0.6 is 0 Å². The van der Waals surface area contributed by atoms with E-state index in [-0.39, 0.29) is 23.4 Å². The van der Waals surface area contributed by atoms with E-state index in [0.717, 1.165) is 0 Å². The van der Waals surface area contributed by atoms with E-state index in [0.29, 0.717) is 31.4 Å². The molecule has 0 unspecified atom stereocenters. The second kappa shape index (κ2) is 5.99. The lowest BCUT2D eigenvalue weighted by atomic mass is 9.86. The lowest BCUT2D eigenvalue weighted by molar-refractivity contribution is -0.142. The molecule has 1 aliphatic carbocycles. The van der Waals surface area contributed by atoms with Crippen LogP contribution in [0.4, 0.5) is 0 Å². The van der Waals surface area contributed by atoms with E-state index in [1.165, 1.54) is 12.3 Å². The van der Waals surface area contributed by atoms with Crippen LogP contribution in [-0.2, 0) is 11.8 Å². The van der Waals surface area contributed by atoms with Crippen molar-refractivity contribution in [1.29, 1.82) is 0 Å². The minimum atomic E-state index is -0.770. The zero-order chi connectivity index (χ0) is 15.6. The summed E-state index contributed by atoms with van der Waals surface area (Å²) in [5.41, 5.74) is 5.84. The Hall–Kier alpha value is -2.31. The lowest BCUT2D eigenvalue weighted by Gasteiger charge is -2.26. The molecule has 1 aromatic rings. The van der Waals surface area contributed by atoms with Gasteiger partial charge in [0.25, 0.3) is 5.91 Å². The Morgan fingerprint density at radius 1 is 1.29 bits per heavy atom. The number of carboxylic acids is 1. The fraction of sp³-hybridized carbons (Fsp3) is 0.500. The van der Waals surface area contributed by atoms with Crippen molar-refractivity contribution in [1.82, 2.24) is 9.88 Å². The first-order valence-electron chi connectivity index (χ1n) is 6.88. The van der Waals surface area contributed by atoms with Crippen molar-refractivity contribution in [3.8, 4) is 0 Å². The van der Waals surface area contributed by atoms with Gasteiger partial charge in [0.05, 0.1) is 11.5 Å². The number of aromatic nitrogens is 1. The highest BCUT2D eigenvalue weighted by atomic mass is 16.4. The summed E-state index contributed by atoms with van der Waals surface area (Å²) in [5.74, 6) is -1.93. The normalized spacial score (nSPS) is 21.8. The number of nitrogens with two attached hydrogens (primary N) is 1. The molecule has 0 atom stereocenters. The Labute approximate surface area is 122 Å². The molecule has 21 heavy (non-hydrogen) atoms. The minimum Gasteiger partial charge on any atom is -0.481 e. The molecule has 1 saturated carbocycles. The molecule has 7 nitrogen and oxygen atoms in total. The highest BCUT2D eigenvalue weighted by Gasteiger charge is 2.27. The molecule has 2 amide bonds. The molecule has 1 aromatic heterocycles. The van der Waals surface area contributed by atoms with Crippen LogP contribution in [0.2, 0.25) is 0 Å². The Bertz CT molecular complexity index is 571. The quantitative estimate of drug-likeness (QED) is 0.749. The molecular formula is C14H19N3O4. The third-order valence-electron chi connectivity index (χ3n) is 3.93. The third-order valence-corrected chi connectivity index (χ3v) is 3.93. The van der Waals surface area contributed by atoms with Crippen LogP contribution in [0.3, 0.4) is 0 Å². The van der Waals surface area contributed by atoms with E-state index in [9.17, 15) is 14.4 Å². The molecular weight excluding hydrogens is 274 g/mol. The molecule has 0 radical (unpaired) electrons. The van der Waals surface area contributed by atoms with Crippen molar-refractivity contribution >= 4 is 17.8 Å². The van der Waals surface area contributed by atoms with Crippen molar-refractivity contribution in [2.75, 3.05) is 0 Å². The molecule has 2 rings (SSSR count). The van der Waals surface area contributed by atoms with E-state index in [2.05, 4.69) is 5.32 Å². The van der Waals surface area contributed by atoms with Gasteiger partial charge in [-0.2, -0.15) is 0 Å². The Morgan fingerprint density at radius 2 is 1.90 bits per heavy atom. The van der Waals surface area contributed by atoms with Crippen molar-refractivity contribution in [2.45, 2.75) is 31.7 Å². The van der Waals surface area contributed by atoms with Crippen LogP contribution in [0.25, 0.3) is 0 Å². The van der Waals surface area contributed by atoms with E-state index in [4.69, 9.17) is 10.8 Å². The molecule has 0 aromatic carbocycles. The van der Waals surface area contributed by atoms with Gasteiger partial charge in [0.2, 0.25) is 5.91 Å². The highest BCUT2D eigenvalue weighted by molar-refractivity contribution is 5.98. The summed E-state index contributed by atoms with van der Waals surface area (Å²) in [4.78, 5) is 34.2. The Morgan fingerprint density at radius 3 is 2.38 bits per heavy atom. The van der Waals surface area contributed by atoms with Gasteiger partial charge in [-0.1, -0.05) is 0 Å². The van der Waals surface area contributed by atoms with E-state index in [1.54, 1.807) is 11.6 Å². The molecule has 0 saturated heterocycles. The lowest BCUT2D eigenvalue weighted by Crippen LogP contribution is -2.39. The summed E-state index contributed by atoms with van der Waals surface area (Å²) in [7, 11) is 1.67. The van der Waals surface area contributed by atoms with Gasteiger partial charge in [-0.15, -0.1) is 0 Å². The van der Waals surface area contributed by atoms with Crippen LogP contribution in [0.15, 0.2) is 12.3 Å². The zero-order valence-corrected chi connectivity index (χ0v) is 11.8. The maximum Gasteiger partial charge on any atom is 0.306 e. The maximum absolute atomic E-state index is 12.2. The largest absolute Gasteiger partial charge is 0.481 e. The summed E-state index contributed by atoms with van der Waals surface area (Å²) in [6, 6.07) is 1.43. The number of carboxylic acid groups (broad SMARTS) is 1. The average Bonchev–Trinajstić information content (AvgIpc) is 2.81. The van der Waals surface area contributed by atoms with Crippen LogP contribution in [-0.4, -0.2) is 33.5 Å². The topological polar surface area (TPSA) is 114 Å². The predicted molar refractivity (Wildman–Crippen MR) is 74.8 cm³/mol. The van der Waals surface area contributed by atoms with Crippen LogP contribution in [0, 0.1) is 5.92 Å². The van der Waals surface area contributed by atoms with Gasteiger partial charge < -0.3 is 20.7 Å². The fourth-order valence-corrected chi connectivity index (χ4v) is 2.67. The smallest absolute Gasteiger partial charge is 0.306 e. The summed E-state index contributed by atoms with van der Waals surface area (Å²) in [5, 5.41) is 11.8. The molecule has 1 fully saturated rings. The fourth-order valence-electron chi connectivity index (χ4n) is 2.67. The van der Waals surface area contributed by atoms with Crippen LogP contribution < -0.4 is 11.1 Å². The number of nitrogens with zero attached hydrogens (tertiary/aromatic N) is 1. The van der Waals surface area contributed by atoms with E-state index in [1.807, 2.05) is 0 Å². The Balaban J connectivity index is 1.96. The molecule has 0 bridgehead atoms. The molecule has 4 N–H and O–H groups in total. The standard InChI is InChI=1S/C14H19N3O4/c1-17-7-9(12(15)18)6-11(17)13(19)16-10-4-2-8(3-5-10)14(20)21/h6-8,10H,2-5H2,1H3,(H2,15,18)(H,16,19)(H,20,21). The number of amides is 2. The molecule has 114 valence electrons. The predicted octanol–water partition coefficient (Wildman–Crippen LogP) is 0.497. The van der Waals surface area contributed by atoms with E-state index < -0.39 is 11.9 Å². The SMILES string of the molecule is Cn1cc(C(N)=O)cc1C(=O)NC1CCC(C(=O)O)CC1. The Kier molecular flexibility index (Phi) is 4.30. The monoisotopic (exact) mass is 293 g/mol. The van der Waals surface area contributed by atoms with Gasteiger partial charge in [-0.25, -0.2) is 0 Å². The van der Waals surface area contributed by atoms with Crippen LogP contribution in [0.1, 0.15) is 46.5 Å². The van der Waals surface area contributed by atoms with Crippen molar-refractivity contribution in [3.63, 3.8) is 0 Å². The first kappa shape index (κ1) is 15.1. The third kappa shape index (κ3) is 3.42. The summed E-state index contributed by atoms with van der Waals surface area (Å²) < 4.78 is 1.55. The summed E-state index contributed by atoms with van der Waals surface area (Å²) >= 11 is 0. The molecule has 1 aliphatic rings. The minimum absolute atomic E-state index is 0.0278. The van der Waals surface area contributed by atoms with Gasteiger partial charge in [-0.05, 0) is 31.7 Å². The second-order valence-electron chi connectivity index (χ2n) is 5.45. The molecule has 0 spiro atoms. The number of hydrogen-bond acceptors (Lipinski definition) is 3. The van der Waals surface area contributed by atoms with Crippen molar-refractivity contribution < 1.29 is 19.5 Å². The number of rotatable bonds is 4. The van der Waals surface area contributed by atoms with Crippen molar-refractivity contribution in [3.05, 3.63) is 23.5 Å². The van der Waals surface area contributed by atoms with Gasteiger partial charge >= 0.3 is 5.97 Å². The highest BCUT2D eigenvalue weighted by Crippen LogP contribution is 2.24. The number of carbonyl (C=O) groups excluding carboxylic acids is 2. The first-order valence-corrected chi connectivity index (χ1v) is 6.88.